The average molecular weight is 263 g/mol. The molecule has 1 aromatic rings. The van der Waals surface area contributed by atoms with E-state index in [4.69, 9.17) is 0 Å². The van der Waals surface area contributed by atoms with Crippen molar-refractivity contribution in [2.45, 2.75) is 44.7 Å². The average Bonchev–Trinajstić information content (AvgIpc) is 2.71. The van der Waals surface area contributed by atoms with Gasteiger partial charge in [0.15, 0.2) is 0 Å². The number of aromatic nitrogens is 1. The molecule has 0 radical (unpaired) electrons. The first-order valence-corrected chi connectivity index (χ1v) is 7.27. The third-order valence-electron chi connectivity index (χ3n) is 4.07. The fourth-order valence-electron chi connectivity index (χ4n) is 2.68. The Kier molecular flexibility index (Phi) is 5.16. The Morgan fingerprint density at radius 1 is 1.42 bits per heavy atom. The van der Waals surface area contributed by atoms with Gasteiger partial charge in [0.05, 0.1) is 30.2 Å². The smallest absolute Gasteiger partial charge is 0.0635 e. The fourth-order valence-corrected chi connectivity index (χ4v) is 2.68. The van der Waals surface area contributed by atoms with Gasteiger partial charge in [0, 0.05) is 12.6 Å². The van der Waals surface area contributed by atoms with E-state index >= 15 is 0 Å². The minimum atomic E-state index is 0.231. The van der Waals surface area contributed by atoms with Crippen molar-refractivity contribution < 1.29 is 5.11 Å². The summed E-state index contributed by atoms with van der Waals surface area (Å²) in [5.74, 6) is 0. The molecule has 2 heterocycles. The van der Waals surface area contributed by atoms with E-state index in [0.717, 1.165) is 24.3 Å². The maximum atomic E-state index is 9.56. The number of anilines is 1. The number of nitrogens with zero attached hydrogens (tertiary/aromatic N) is 2. The van der Waals surface area contributed by atoms with E-state index in [1.54, 1.807) is 0 Å². The van der Waals surface area contributed by atoms with Crippen LogP contribution in [-0.2, 0) is 0 Å². The summed E-state index contributed by atoms with van der Waals surface area (Å²) in [6.45, 7) is 3.35. The number of aliphatic hydroxyl groups is 1. The Labute approximate surface area is 115 Å². The Bertz CT molecular complexity index is 379. The summed E-state index contributed by atoms with van der Waals surface area (Å²) in [6.07, 6.45) is 6.69. The van der Waals surface area contributed by atoms with E-state index in [1.165, 1.54) is 19.3 Å². The van der Waals surface area contributed by atoms with Crippen molar-refractivity contribution in [1.29, 1.82) is 0 Å². The lowest BCUT2D eigenvalue weighted by molar-refractivity contribution is 0.255. The number of hydrogen-bond donors (Lipinski definition) is 2. The van der Waals surface area contributed by atoms with Crippen molar-refractivity contribution in [2.24, 2.45) is 0 Å². The van der Waals surface area contributed by atoms with Crippen LogP contribution in [0.15, 0.2) is 18.3 Å². The van der Waals surface area contributed by atoms with Crippen LogP contribution in [0.5, 0.6) is 0 Å². The molecule has 1 aliphatic heterocycles. The maximum Gasteiger partial charge on any atom is 0.0635 e. The van der Waals surface area contributed by atoms with Gasteiger partial charge in [-0.15, -0.1) is 0 Å². The summed E-state index contributed by atoms with van der Waals surface area (Å²) >= 11 is 0. The molecule has 0 saturated carbocycles. The zero-order chi connectivity index (χ0) is 13.7. The molecule has 106 valence electrons. The summed E-state index contributed by atoms with van der Waals surface area (Å²) in [7, 11) is 1.94. The van der Waals surface area contributed by atoms with Crippen molar-refractivity contribution in [1.82, 2.24) is 10.3 Å². The van der Waals surface area contributed by atoms with E-state index in [1.807, 2.05) is 13.2 Å². The minimum absolute atomic E-state index is 0.231. The van der Waals surface area contributed by atoms with Crippen LogP contribution in [0.4, 0.5) is 5.69 Å². The fraction of sp³-hybridized carbons (Fsp3) is 0.667. The van der Waals surface area contributed by atoms with Gasteiger partial charge < -0.3 is 15.3 Å². The lowest BCUT2D eigenvalue weighted by Gasteiger charge is -2.30. The van der Waals surface area contributed by atoms with Crippen LogP contribution in [-0.4, -0.2) is 36.3 Å². The van der Waals surface area contributed by atoms with Crippen LogP contribution in [0, 0.1) is 0 Å². The highest BCUT2D eigenvalue weighted by Gasteiger charge is 2.20. The molecule has 1 fully saturated rings. The highest BCUT2D eigenvalue weighted by molar-refractivity contribution is 5.46. The van der Waals surface area contributed by atoms with Gasteiger partial charge >= 0.3 is 0 Å². The molecule has 0 aliphatic carbocycles. The standard InChI is InChI=1S/C15H25N3O/c1-12(16-2)15-8-7-13(10-17-15)18-9-5-3-4-6-14(18)11-19/h7-8,10,12,14,16,19H,3-6,9,11H2,1-2H3. The van der Waals surface area contributed by atoms with Gasteiger partial charge in [0.1, 0.15) is 0 Å². The molecule has 19 heavy (non-hydrogen) atoms. The van der Waals surface area contributed by atoms with Crippen LogP contribution in [0.2, 0.25) is 0 Å². The van der Waals surface area contributed by atoms with Gasteiger partial charge in [-0.1, -0.05) is 12.8 Å². The van der Waals surface area contributed by atoms with Crippen molar-refractivity contribution >= 4 is 5.69 Å². The van der Waals surface area contributed by atoms with Crippen LogP contribution in [0.3, 0.4) is 0 Å². The predicted molar refractivity (Wildman–Crippen MR) is 78.4 cm³/mol. The van der Waals surface area contributed by atoms with E-state index in [9.17, 15) is 5.11 Å². The number of aliphatic hydroxyl groups excluding tert-OH is 1. The quantitative estimate of drug-likeness (QED) is 0.873. The number of hydrogen-bond acceptors (Lipinski definition) is 4. The van der Waals surface area contributed by atoms with Gasteiger partial charge in [0.25, 0.3) is 0 Å². The molecule has 0 amide bonds. The number of rotatable bonds is 4. The molecular formula is C15H25N3O. The van der Waals surface area contributed by atoms with Gasteiger partial charge in [0.2, 0.25) is 0 Å². The summed E-state index contributed by atoms with van der Waals surface area (Å²) < 4.78 is 0. The first kappa shape index (κ1) is 14.3. The van der Waals surface area contributed by atoms with Crippen molar-refractivity contribution in [3.63, 3.8) is 0 Å². The third-order valence-corrected chi connectivity index (χ3v) is 4.07. The lowest BCUT2D eigenvalue weighted by Crippen LogP contribution is -2.37. The van der Waals surface area contributed by atoms with E-state index in [2.05, 4.69) is 34.3 Å². The molecule has 2 rings (SSSR count). The molecule has 2 atom stereocenters. The number of nitrogens with one attached hydrogen (secondary N) is 1. The predicted octanol–water partition coefficient (Wildman–Crippen LogP) is 2.10. The van der Waals surface area contributed by atoms with Crippen LogP contribution in [0.25, 0.3) is 0 Å². The molecular weight excluding hydrogens is 238 g/mol. The van der Waals surface area contributed by atoms with Gasteiger partial charge in [-0.2, -0.15) is 0 Å². The molecule has 4 heteroatoms. The zero-order valence-corrected chi connectivity index (χ0v) is 12.0. The van der Waals surface area contributed by atoms with Crippen LogP contribution in [0.1, 0.15) is 44.3 Å². The molecule has 0 aromatic carbocycles. The third kappa shape index (κ3) is 3.45. The second kappa shape index (κ2) is 6.87. The van der Waals surface area contributed by atoms with Crippen LogP contribution >= 0.6 is 0 Å². The monoisotopic (exact) mass is 263 g/mol. The molecule has 2 N–H and O–H groups in total. The van der Waals surface area contributed by atoms with Crippen LogP contribution < -0.4 is 10.2 Å². The second-order valence-corrected chi connectivity index (χ2v) is 5.33. The topological polar surface area (TPSA) is 48.4 Å². The minimum Gasteiger partial charge on any atom is -0.394 e. The Balaban J connectivity index is 2.14. The molecule has 1 saturated heterocycles. The summed E-state index contributed by atoms with van der Waals surface area (Å²) in [5.41, 5.74) is 2.19. The molecule has 2 unspecified atom stereocenters. The van der Waals surface area contributed by atoms with E-state index in [-0.39, 0.29) is 18.7 Å². The second-order valence-electron chi connectivity index (χ2n) is 5.33. The van der Waals surface area contributed by atoms with E-state index < -0.39 is 0 Å². The van der Waals surface area contributed by atoms with Gasteiger partial charge in [-0.25, -0.2) is 0 Å². The SMILES string of the molecule is CNC(C)c1ccc(N2CCCCCC2CO)cn1. The largest absolute Gasteiger partial charge is 0.394 e. The number of pyridine rings is 1. The first-order chi connectivity index (χ1) is 9.26. The highest BCUT2D eigenvalue weighted by atomic mass is 16.3. The Morgan fingerprint density at radius 3 is 2.89 bits per heavy atom. The molecule has 1 aromatic heterocycles. The summed E-state index contributed by atoms with van der Waals surface area (Å²) in [4.78, 5) is 6.85. The normalized spacial score (nSPS) is 22.1. The molecule has 4 nitrogen and oxygen atoms in total. The first-order valence-electron chi connectivity index (χ1n) is 7.27. The maximum absolute atomic E-state index is 9.56. The highest BCUT2D eigenvalue weighted by Crippen LogP contribution is 2.24. The van der Waals surface area contributed by atoms with Crippen molar-refractivity contribution in [2.75, 3.05) is 25.1 Å². The zero-order valence-electron chi connectivity index (χ0n) is 12.0. The van der Waals surface area contributed by atoms with Crippen molar-refractivity contribution in [3.8, 4) is 0 Å². The summed E-state index contributed by atoms with van der Waals surface area (Å²) in [5, 5.41) is 12.8. The van der Waals surface area contributed by atoms with Gasteiger partial charge in [-0.05, 0) is 38.9 Å². The molecule has 0 spiro atoms. The Morgan fingerprint density at radius 2 is 2.26 bits per heavy atom. The van der Waals surface area contributed by atoms with E-state index in [0.29, 0.717) is 0 Å². The molecule has 0 bridgehead atoms. The van der Waals surface area contributed by atoms with Gasteiger partial charge in [-0.3, -0.25) is 4.98 Å². The Hall–Kier alpha value is -1.13. The van der Waals surface area contributed by atoms with Crippen molar-refractivity contribution in [3.05, 3.63) is 24.0 Å². The molecule has 1 aliphatic rings. The summed E-state index contributed by atoms with van der Waals surface area (Å²) in [6, 6.07) is 4.73. The lowest BCUT2D eigenvalue weighted by atomic mass is 10.1.